The second kappa shape index (κ2) is 8.81. The van der Waals surface area contributed by atoms with Crippen molar-refractivity contribution >= 4 is 22.5 Å². The molecule has 0 saturated carbocycles. The minimum absolute atomic E-state index is 0.145. The van der Waals surface area contributed by atoms with Gasteiger partial charge in [-0.3, -0.25) is 9.00 Å². The number of methoxy groups -OCH3 is 3. The Morgan fingerprint density at radius 2 is 1.77 bits per heavy atom. The van der Waals surface area contributed by atoms with E-state index in [1.54, 1.807) is 38.1 Å². The number of ether oxygens (including phenoxy) is 3. The number of hydrogen-bond donors (Lipinski definition) is 1. The molecular weight excluding hydrogens is 418 g/mol. The lowest BCUT2D eigenvalue weighted by atomic mass is 10.1. The van der Waals surface area contributed by atoms with Crippen molar-refractivity contribution in [3.63, 3.8) is 0 Å². The van der Waals surface area contributed by atoms with Gasteiger partial charge in [0, 0.05) is 16.4 Å². The molecule has 31 heavy (non-hydrogen) atoms. The number of amides is 1. The van der Waals surface area contributed by atoms with Crippen molar-refractivity contribution in [3.8, 4) is 22.9 Å². The molecule has 1 aromatic heterocycles. The van der Waals surface area contributed by atoms with Crippen molar-refractivity contribution in [2.45, 2.75) is 17.9 Å². The Morgan fingerprint density at radius 1 is 1.03 bits per heavy atom. The Hall–Kier alpha value is -3.33. The monoisotopic (exact) mass is 441 g/mol. The maximum atomic E-state index is 12.9. The molecule has 0 spiro atoms. The largest absolute Gasteiger partial charge is 0.497 e. The molecule has 1 aliphatic rings. The van der Waals surface area contributed by atoms with Crippen LogP contribution in [0.4, 0.5) is 5.82 Å². The molecule has 1 aliphatic heterocycles. The van der Waals surface area contributed by atoms with E-state index in [0.29, 0.717) is 28.8 Å². The highest BCUT2D eigenvalue weighted by Gasteiger charge is 2.28. The number of aromatic nitrogens is 2. The van der Waals surface area contributed by atoms with Gasteiger partial charge in [0.25, 0.3) is 0 Å². The van der Waals surface area contributed by atoms with Crippen molar-refractivity contribution in [2.75, 3.05) is 26.6 Å². The molecule has 8 nitrogen and oxygen atoms in total. The number of fused-ring (bicyclic) bond motifs is 1. The maximum Gasteiger partial charge on any atom is 0.229 e. The molecule has 162 valence electrons. The van der Waals surface area contributed by atoms with Gasteiger partial charge in [0.2, 0.25) is 5.91 Å². The smallest absolute Gasteiger partial charge is 0.229 e. The number of rotatable bonds is 7. The zero-order chi connectivity index (χ0) is 22.0. The quantitative estimate of drug-likeness (QED) is 0.606. The predicted octanol–water partition coefficient (Wildman–Crippen LogP) is 2.84. The molecule has 1 amide bonds. The highest BCUT2D eigenvalue weighted by Crippen LogP contribution is 2.32. The van der Waals surface area contributed by atoms with Gasteiger partial charge < -0.3 is 19.5 Å². The average Bonchev–Trinajstić information content (AvgIpc) is 3.30. The molecule has 1 N–H and O–H groups in total. The number of hydrogen-bond acceptors (Lipinski definition) is 6. The lowest BCUT2D eigenvalue weighted by Crippen LogP contribution is -2.18. The Balaban J connectivity index is 1.61. The molecule has 0 fully saturated rings. The van der Waals surface area contributed by atoms with E-state index in [2.05, 4.69) is 10.4 Å². The first kappa shape index (κ1) is 20.9. The Kier molecular flexibility index (Phi) is 5.94. The second-order valence-electron chi connectivity index (χ2n) is 7.03. The SMILES string of the molecule is COc1ccc(-n2nc3c(c2NC(=O)Cc2ccc(OC)c(OC)c2)C[S@](=O)C3)cc1. The normalized spacial score (nSPS) is 14.7. The molecule has 1 atom stereocenters. The van der Waals surface area contributed by atoms with Crippen LogP contribution in [0.5, 0.6) is 17.2 Å². The molecule has 0 bridgehead atoms. The minimum Gasteiger partial charge on any atom is -0.497 e. The fraction of sp³-hybridized carbons (Fsp3) is 0.273. The van der Waals surface area contributed by atoms with Crippen LogP contribution in [0, 0.1) is 0 Å². The Morgan fingerprint density at radius 3 is 2.45 bits per heavy atom. The molecule has 4 rings (SSSR count). The van der Waals surface area contributed by atoms with Gasteiger partial charge in [-0.15, -0.1) is 0 Å². The second-order valence-corrected chi connectivity index (χ2v) is 8.48. The van der Waals surface area contributed by atoms with Gasteiger partial charge in [0.1, 0.15) is 11.6 Å². The number of carbonyl (C=O) groups is 1. The summed E-state index contributed by atoms with van der Waals surface area (Å²) in [5, 5.41) is 7.59. The van der Waals surface area contributed by atoms with E-state index in [0.717, 1.165) is 28.3 Å². The van der Waals surface area contributed by atoms with Crippen molar-refractivity contribution in [3.05, 3.63) is 59.3 Å². The highest BCUT2D eigenvalue weighted by atomic mass is 32.2. The molecular formula is C22H23N3O5S. The van der Waals surface area contributed by atoms with E-state index in [9.17, 15) is 9.00 Å². The summed E-state index contributed by atoms with van der Waals surface area (Å²) >= 11 is 0. The van der Waals surface area contributed by atoms with E-state index >= 15 is 0 Å². The van der Waals surface area contributed by atoms with Crippen LogP contribution >= 0.6 is 0 Å². The van der Waals surface area contributed by atoms with Crippen LogP contribution in [0.15, 0.2) is 42.5 Å². The van der Waals surface area contributed by atoms with Gasteiger partial charge in [-0.25, -0.2) is 4.68 Å². The van der Waals surface area contributed by atoms with Gasteiger partial charge in [0.05, 0.1) is 50.6 Å². The number of benzene rings is 2. The van der Waals surface area contributed by atoms with Crippen molar-refractivity contribution < 1.29 is 23.2 Å². The van der Waals surface area contributed by atoms with Crippen molar-refractivity contribution in [1.29, 1.82) is 0 Å². The van der Waals surface area contributed by atoms with Crippen LogP contribution in [0.1, 0.15) is 16.8 Å². The summed E-state index contributed by atoms with van der Waals surface area (Å²) in [6, 6.07) is 12.7. The van der Waals surface area contributed by atoms with E-state index in [-0.39, 0.29) is 12.3 Å². The van der Waals surface area contributed by atoms with E-state index in [1.165, 1.54) is 0 Å². The van der Waals surface area contributed by atoms with Crippen LogP contribution in [-0.2, 0) is 33.5 Å². The summed E-state index contributed by atoms with van der Waals surface area (Å²) in [5.41, 5.74) is 3.12. The predicted molar refractivity (Wildman–Crippen MR) is 118 cm³/mol. The molecule has 0 saturated heterocycles. The fourth-order valence-electron chi connectivity index (χ4n) is 3.52. The summed E-state index contributed by atoms with van der Waals surface area (Å²) in [5.74, 6) is 2.99. The van der Waals surface area contributed by atoms with Gasteiger partial charge in [-0.1, -0.05) is 6.07 Å². The number of anilines is 1. The van der Waals surface area contributed by atoms with Gasteiger partial charge >= 0.3 is 0 Å². The third-order valence-corrected chi connectivity index (χ3v) is 6.26. The van der Waals surface area contributed by atoms with E-state index in [1.807, 2.05) is 30.3 Å². The van der Waals surface area contributed by atoms with Crippen LogP contribution in [0.3, 0.4) is 0 Å². The van der Waals surface area contributed by atoms with Crippen LogP contribution in [-0.4, -0.2) is 41.2 Å². The van der Waals surface area contributed by atoms with Crippen LogP contribution < -0.4 is 19.5 Å². The fourth-order valence-corrected chi connectivity index (χ4v) is 4.78. The number of nitrogens with zero attached hydrogens (tertiary/aromatic N) is 2. The van der Waals surface area contributed by atoms with Crippen LogP contribution in [0.25, 0.3) is 5.69 Å². The van der Waals surface area contributed by atoms with Crippen molar-refractivity contribution in [1.82, 2.24) is 9.78 Å². The average molecular weight is 442 g/mol. The topological polar surface area (TPSA) is 91.7 Å². The minimum atomic E-state index is -1.01. The lowest BCUT2D eigenvalue weighted by molar-refractivity contribution is -0.115. The van der Waals surface area contributed by atoms with Crippen molar-refractivity contribution in [2.24, 2.45) is 0 Å². The van der Waals surface area contributed by atoms with E-state index < -0.39 is 10.8 Å². The Bertz CT molecular complexity index is 1140. The first-order chi connectivity index (χ1) is 15.0. The van der Waals surface area contributed by atoms with E-state index in [4.69, 9.17) is 14.2 Å². The maximum absolute atomic E-state index is 12.9. The molecule has 0 aliphatic carbocycles. The third-order valence-electron chi connectivity index (χ3n) is 5.06. The van der Waals surface area contributed by atoms with Gasteiger partial charge in [-0.2, -0.15) is 5.10 Å². The zero-order valence-corrected chi connectivity index (χ0v) is 18.3. The summed E-state index contributed by atoms with van der Waals surface area (Å²) in [6.07, 6.45) is 0.145. The van der Waals surface area contributed by atoms with Crippen LogP contribution in [0.2, 0.25) is 0 Å². The molecule has 0 radical (unpaired) electrons. The zero-order valence-electron chi connectivity index (χ0n) is 17.5. The number of nitrogens with one attached hydrogen (secondary N) is 1. The van der Waals surface area contributed by atoms with Gasteiger partial charge in [0.15, 0.2) is 11.5 Å². The highest BCUT2D eigenvalue weighted by molar-refractivity contribution is 7.83. The standard InChI is InChI=1S/C22H23N3O5S/c1-28-16-7-5-15(6-8-16)25-22(17-12-31(27)13-18(17)24-25)23-21(26)11-14-4-9-19(29-2)20(10-14)30-3/h4-10H,11-13H2,1-3H3,(H,23,26)/t31-/m0/s1. The molecule has 0 unspecified atom stereocenters. The van der Waals surface area contributed by atoms with Gasteiger partial charge in [-0.05, 0) is 42.0 Å². The lowest BCUT2D eigenvalue weighted by Gasteiger charge is -2.12. The number of carbonyl (C=O) groups excluding carboxylic acids is 1. The molecule has 9 heteroatoms. The molecule has 3 aromatic rings. The molecule has 2 heterocycles. The first-order valence-corrected chi connectivity index (χ1v) is 11.1. The third kappa shape index (κ3) is 4.27. The molecule has 2 aromatic carbocycles. The first-order valence-electron chi connectivity index (χ1n) is 9.63. The summed E-state index contributed by atoms with van der Waals surface area (Å²) in [6.45, 7) is 0. The Labute approximate surface area is 182 Å². The summed E-state index contributed by atoms with van der Waals surface area (Å²) in [4.78, 5) is 12.9. The summed E-state index contributed by atoms with van der Waals surface area (Å²) < 4.78 is 29.5. The summed E-state index contributed by atoms with van der Waals surface area (Å²) in [7, 11) is 3.72.